The lowest BCUT2D eigenvalue weighted by Crippen LogP contribution is -2.32. The first-order valence-corrected chi connectivity index (χ1v) is 10.5. The molecule has 3 heterocycles. The molecule has 0 unspecified atom stereocenters. The molecule has 0 saturated carbocycles. The van der Waals surface area contributed by atoms with Crippen molar-refractivity contribution >= 4 is 28.2 Å². The number of pyridine rings is 1. The van der Waals surface area contributed by atoms with Crippen molar-refractivity contribution in [3.05, 3.63) is 52.5 Å². The average molecular weight is 420 g/mol. The normalized spacial score (nSPS) is 19.3. The number of nitrogens with zero attached hydrogens (tertiary/aromatic N) is 3. The summed E-state index contributed by atoms with van der Waals surface area (Å²) < 4.78 is 45.1. The van der Waals surface area contributed by atoms with Crippen LogP contribution < -0.4 is 15.6 Å². The van der Waals surface area contributed by atoms with Crippen LogP contribution in [0.5, 0.6) is 11.5 Å². The summed E-state index contributed by atoms with van der Waals surface area (Å²) in [5, 5.41) is 3.75. The fraction of sp³-hybridized carbons (Fsp3) is 0.316. The summed E-state index contributed by atoms with van der Waals surface area (Å²) >= 11 is -0.758. The first-order chi connectivity index (χ1) is 13.9. The van der Waals surface area contributed by atoms with Crippen LogP contribution in [0, 0.1) is 11.6 Å². The molecule has 7 nitrogen and oxygen atoms in total. The molecule has 0 spiro atoms. The molecule has 2 aromatic heterocycles. The lowest BCUT2D eigenvalue weighted by molar-refractivity contribution is 0.430. The third kappa shape index (κ3) is 4.18. The molecule has 1 N–H and O–H groups in total. The highest BCUT2D eigenvalue weighted by Gasteiger charge is 2.22. The van der Waals surface area contributed by atoms with Crippen molar-refractivity contribution in [1.29, 1.82) is 0 Å². The molecule has 0 aliphatic carbocycles. The average Bonchev–Trinajstić information content (AvgIpc) is 2.70. The van der Waals surface area contributed by atoms with Gasteiger partial charge in [-0.15, -0.1) is 0 Å². The number of aryl methyl sites for hydroxylation is 1. The van der Waals surface area contributed by atoms with Gasteiger partial charge in [-0.05, 0) is 18.2 Å². The van der Waals surface area contributed by atoms with Gasteiger partial charge < -0.3 is 14.6 Å². The van der Waals surface area contributed by atoms with Gasteiger partial charge in [0.2, 0.25) is 5.95 Å². The van der Waals surface area contributed by atoms with Crippen molar-refractivity contribution in [3.63, 3.8) is 0 Å². The van der Waals surface area contributed by atoms with Crippen LogP contribution in [-0.2, 0) is 18.2 Å². The van der Waals surface area contributed by atoms with Crippen LogP contribution in [0.1, 0.15) is 12.8 Å². The molecule has 1 fully saturated rings. The second kappa shape index (κ2) is 7.96. The van der Waals surface area contributed by atoms with Crippen LogP contribution in [0.3, 0.4) is 0 Å². The largest absolute Gasteiger partial charge is 0.616 e. The van der Waals surface area contributed by atoms with E-state index in [9.17, 15) is 18.1 Å². The van der Waals surface area contributed by atoms with Crippen molar-refractivity contribution < 1.29 is 18.1 Å². The second-order valence-electron chi connectivity index (χ2n) is 6.79. The van der Waals surface area contributed by atoms with E-state index in [1.807, 2.05) is 0 Å². The van der Waals surface area contributed by atoms with Crippen LogP contribution in [0.2, 0.25) is 0 Å². The minimum Gasteiger partial charge on any atom is -0.616 e. The maximum absolute atomic E-state index is 13.9. The molecule has 0 bridgehead atoms. The zero-order valence-corrected chi connectivity index (χ0v) is 16.3. The zero-order chi connectivity index (χ0) is 20.5. The molecule has 0 amide bonds. The summed E-state index contributed by atoms with van der Waals surface area (Å²) in [6.45, 7) is 0. The molecule has 0 radical (unpaired) electrons. The summed E-state index contributed by atoms with van der Waals surface area (Å²) in [6, 6.07) is 4.41. The monoisotopic (exact) mass is 420 g/mol. The first kappa shape index (κ1) is 19.6. The summed E-state index contributed by atoms with van der Waals surface area (Å²) in [7, 11) is 1.53. The van der Waals surface area contributed by atoms with Gasteiger partial charge in [-0.2, -0.15) is 4.98 Å². The van der Waals surface area contributed by atoms with Crippen molar-refractivity contribution in [1.82, 2.24) is 14.5 Å². The van der Waals surface area contributed by atoms with Crippen molar-refractivity contribution in [2.24, 2.45) is 7.05 Å². The summed E-state index contributed by atoms with van der Waals surface area (Å²) in [4.78, 5) is 21.3. The van der Waals surface area contributed by atoms with Gasteiger partial charge in [0.05, 0.1) is 0 Å². The van der Waals surface area contributed by atoms with Crippen LogP contribution in [0.4, 0.5) is 14.7 Å². The van der Waals surface area contributed by atoms with Gasteiger partial charge >= 0.3 is 0 Å². The number of ether oxygens (including phenoxy) is 1. The minimum absolute atomic E-state index is 0.121. The number of benzene rings is 1. The summed E-state index contributed by atoms with van der Waals surface area (Å²) in [5.74, 6) is -0.352. The lowest BCUT2D eigenvalue weighted by atomic mass is 10.2. The fourth-order valence-electron chi connectivity index (χ4n) is 3.16. The Morgan fingerprint density at radius 2 is 2.00 bits per heavy atom. The zero-order valence-electron chi connectivity index (χ0n) is 15.5. The van der Waals surface area contributed by atoms with Gasteiger partial charge in [-0.3, -0.25) is 9.36 Å². The number of anilines is 1. The minimum atomic E-state index is -0.906. The second-order valence-corrected chi connectivity index (χ2v) is 8.48. The molecule has 1 aromatic carbocycles. The highest BCUT2D eigenvalue weighted by Crippen LogP contribution is 2.25. The van der Waals surface area contributed by atoms with Crippen molar-refractivity contribution in [2.45, 2.75) is 18.9 Å². The predicted molar refractivity (Wildman–Crippen MR) is 106 cm³/mol. The molecular formula is C19H18F2N4O3S. The van der Waals surface area contributed by atoms with E-state index in [0.717, 1.165) is 25.0 Å². The molecule has 152 valence electrons. The van der Waals surface area contributed by atoms with Gasteiger partial charge in [0, 0.05) is 43.6 Å². The van der Waals surface area contributed by atoms with Crippen molar-refractivity contribution in [3.8, 4) is 11.5 Å². The van der Waals surface area contributed by atoms with E-state index in [4.69, 9.17) is 4.74 Å². The van der Waals surface area contributed by atoms with Gasteiger partial charge in [0.1, 0.15) is 23.0 Å². The Morgan fingerprint density at radius 1 is 1.24 bits per heavy atom. The fourth-order valence-corrected chi connectivity index (χ4v) is 4.46. The van der Waals surface area contributed by atoms with E-state index >= 15 is 0 Å². The van der Waals surface area contributed by atoms with E-state index in [1.54, 1.807) is 6.20 Å². The van der Waals surface area contributed by atoms with E-state index in [1.165, 1.54) is 17.7 Å². The molecule has 1 saturated heterocycles. The number of halogens is 2. The topological polar surface area (TPSA) is 92.1 Å². The Bertz CT molecular complexity index is 1120. The Morgan fingerprint density at radius 3 is 2.72 bits per heavy atom. The van der Waals surface area contributed by atoms with E-state index in [-0.39, 0.29) is 17.5 Å². The van der Waals surface area contributed by atoms with E-state index < -0.39 is 28.4 Å². The number of hydrogen-bond acceptors (Lipinski definition) is 6. The maximum atomic E-state index is 13.9. The number of hydrogen-bond donors (Lipinski definition) is 1. The summed E-state index contributed by atoms with van der Waals surface area (Å²) in [5.41, 5.74) is -0.127. The van der Waals surface area contributed by atoms with Gasteiger partial charge in [0.25, 0.3) is 5.56 Å². The van der Waals surface area contributed by atoms with Crippen molar-refractivity contribution in [2.75, 3.05) is 16.8 Å². The first-order valence-electron chi connectivity index (χ1n) is 9.02. The number of rotatable bonds is 4. The quantitative estimate of drug-likeness (QED) is 0.653. The van der Waals surface area contributed by atoms with Crippen LogP contribution in [0.25, 0.3) is 11.0 Å². The highest BCUT2D eigenvalue weighted by molar-refractivity contribution is 7.91. The molecule has 29 heavy (non-hydrogen) atoms. The lowest BCUT2D eigenvalue weighted by Gasteiger charge is -2.25. The maximum Gasteiger partial charge on any atom is 0.294 e. The third-order valence-corrected chi connectivity index (χ3v) is 6.13. The van der Waals surface area contributed by atoms with Gasteiger partial charge in [-0.1, -0.05) is 11.2 Å². The number of nitrogens with one attached hydrogen (secondary N) is 1. The van der Waals surface area contributed by atoms with Crippen LogP contribution >= 0.6 is 0 Å². The Hall–Kier alpha value is -2.72. The molecule has 10 heteroatoms. The third-order valence-electron chi connectivity index (χ3n) is 4.75. The Balaban J connectivity index is 1.62. The van der Waals surface area contributed by atoms with Gasteiger partial charge in [0.15, 0.2) is 17.3 Å². The SMILES string of the molecule is Cn1c(=O)c(Oc2ccc(F)cc2F)cc2cnc(NC3CC[S+]([O-])CC3)nc21. The van der Waals surface area contributed by atoms with E-state index in [2.05, 4.69) is 15.3 Å². The van der Waals surface area contributed by atoms with Gasteiger partial charge in [-0.25, -0.2) is 13.8 Å². The smallest absolute Gasteiger partial charge is 0.294 e. The predicted octanol–water partition coefficient (Wildman–Crippen LogP) is 2.72. The highest BCUT2D eigenvalue weighted by atomic mass is 32.2. The Labute approximate surface area is 167 Å². The Kier molecular flexibility index (Phi) is 5.37. The number of fused-ring (bicyclic) bond motifs is 1. The van der Waals surface area contributed by atoms with Crippen LogP contribution in [-0.4, -0.2) is 36.6 Å². The molecular weight excluding hydrogens is 402 g/mol. The number of aromatic nitrogens is 3. The van der Waals surface area contributed by atoms with E-state index in [0.29, 0.717) is 34.6 Å². The van der Waals surface area contributed by atoms with Crippen LogP contribution in [0.15, 0.2) is 35.3 Å². The molecule has 3 aromatic rings. The standard InChI is InChI=1S/C19H18F2N4O3S/c1-25-17-11(10-22-19(24-17)23-13-4-6-29(27)7-5-13)8-16(18(25)26)28-15-3-2-12(20)9-14(15)21/h2-3,8-10,13H,4-7H2,1H3,(H,22,23,24). The summed E-state index contributed by atoms with van der Waals surface area (Å²) in [6.07, 6.45) is 3.07. The molecule has 1 aliphatic heterocycles. The molecule has 0 atom stereocenters. The molecule has 1 aliphatic rings. The molecule has 4 rings (SSSR count).